The van der Waals surface area contributed by atoms with Crippen LogP contribution < -0.4 is 5.73 Å². The van der Waals surface area contributed by atoms with Gasteiger partial charge in [0.2, 0.25) is 0 Å². The smallest absolute Gasteiger partial charge is 0.161 e. The highest BCUT2D eigenvalue weighted by Crippen LogP contribution is 2.31. The summed E-state index contributed by atoms with van der Waals surface area (Å²) >= 11 is 0. The quantitative estimate of drug-likeness (QED) is 0.402. The van der Waals surface area contributed by atoms with Crippen LogP contribution in [0, 0.1) is 0 Å². The molecule has 0 unspecified atom stereocenters. The number of nitrogens with two attached hydrogens (primary N) is 1. The lowest BCUT2D eigenvalue weighted by atomic mass is 10.1. The van der Waals surface area contributed by atoms with Crippen molar-refractivity contribution in [3.63, 3.8) is 0 Å². The summed E-state index contributed by atoms with van der Waals surface area (Å²) in [6.45, 7) is 0.387. The Bertz CT molecular complexity index is 291. The lowest BCUT2D eigenvalue weighted by molar-refractivity contribution is 0.394. The van der Waals surface area contributed by atoms with Crippen LogP contribution in [0.5, 0.6) is 17.2 Å². The van der Waals surface area contributed by atoms with Crippen LogP contribution in [0.3, 0.4) is 0 Å². The summed E-state index contributed by atoms with van der Waals surface area (Å²) in [6.07, 6.45) is 0.472. The molecule has 0 aromatic heterocycles. The second-order valence-corrected chi connectivity index (χ2v) is 2.51. The van der Waals surface area contributed by atoms with E-state index in [2.05, 4.69) is 0 Å². The SMILES string of the molecule is F.NCCc1cc(O)c(O)cc1O. The lowest BCUT2D eigenvalue weighted by Gasteiger charge is -2.04. The zero-order chi connectivity index (χ0) is 9.14. The number of benzene rings is 1. The minimum atomic E-state index is -0.326. The van der Waals surface area contributed by atoms with E-state index in [1.807, 2.05) is 0 Å². The standard InChI is InChI=1S/C8H11NO3.FH/c9-2-1-5-3-7(11)8(12)4-6(5)10;/h3-4,10-12H,1-2,9H2;1H. The summed E-state index contributed by atoms with van der Waals surface area (Å²) < 4.78 is 0. The van der Waals surface area contributed by atoms with E-state index < -0.39 is 0 Å². The molecule has 74 valence electrons. The van der Waals surface area contributed by atoms with Crippen molar-refractivity contribution in [3.8, 4) is 17.2 Å². The summed E-state index contributed by atoms with van der Waals surface area (Å²) in [5.41, 5.74) is 5.80. The topological polar surface area (TPSA) is 86.7 Å². The molecule has 0 atom stereocenters. The molecule has 0 heterocycles. The molecule has 0 radical (unpaired) electrons. The predicted octanol–water partition coefficient (Wildman–Crippen LogP) is 0.457. The summed E-state index contributed by atoms with van der Waals surface area (Å²) in [5.74, 6) is -0.611. The average molecular weight is 189 g/mol. The van der Waals surface area contributed by atoms with Crippen molar-refractivity contribution in [2.45, 2.75) is 6.42 Å². The van der Waals surface area contributed by atoms with Gasteiger partial charge in [0.15, 0.2) is 11.5 Å². The van der Waals surface area contributed by atoms with Crippen LogP contribution in [0.2, 0.25) is 0 Å². The molecular weight excluding hydrogens is 177 g/mol. The Labute approximate surface area is 74.6 Å². The molecule has 1 aromatic rings. The van der Waals surface area contributed by atoms with Crippen molar-refractivity contribution < 1.29 is 20.0 Å². The fourth-order valence-electron chi connectivity index (χ4n) is 0.965. The summed E-state index contributed by atoms with van der Waals surface area (Å²) in [5, 5.41) is 27.2. The Morgan fingerprint density at radius 1 is 1.00 bits per heavy atom. The van der Waals surface area contributed by atoms with Crippen molar-refractivity contribution in [3.05, 3.63) is 17.7 Å². The molecular formula is C8H12FNO3. The van der Waals surface area contributed by atoms with Gasteiger partial charge in [-0.25, -0.2) is 0 Å². The molecule has 0 saturated carbocycles. The van der Waals surface area contributed by atoms with Gasteiger partial charge in [-0.05, 0) is 24.6 Å². The number of rotatable bonds is 2. The van der Waals surface area contributed by atoms with Crippen LogP contribution in [0.15, 0.2) is 12.1 Å². The molecule has 5 N–H and O–H groups in total. The summed E-state index contributed by atoms with van der Waals surface area (Å²) in [6, 6.07) is 2.40. The monoisotopic (exact) mass is 189 g/mol. The van der Waals surface area contributed by atoms with E-state index in [4.69, 9.17) is 15.9 Å². The third-order valence-corrected chi connectivity index (χ3v) is 1.59. The van der Waals surface area contributed by atoms with Crippen molar-refractivity contribution in [1.29, 1.82) is 0 Å². The van der Waals surface area contributed by atoms with E-state index in [0.717, 1.165) is 6.07 Å². The van der Waals surface area contributed by atoms with Crippen molar-refractivity contribution in [1.82, 2.24) is 0 Å². The second-order valence-electron chi connectivity index (χ2n) is 2.51. The van der Waals surface area contributed by atoms with Crippen LogP contribution in [0.1, 0.15) is 5.56 Å². The molecule has 4 nitrogen and oxygen atoms in total. The van der Waals surface area contributed by atoms with Gasteiger partial charge < -0.3 is 21.1 Å². The Morgan fingerprint density at radius 2 is 1.54 bits per heavy atom. The van der Waals surface area contributed by atoms with Crippen LogP contribution in [-0.4, -0.2) is 21.9 Å². The highest BCUT2D eigenvalue weighted by molar-refractivity contribution is 5.48. The van der Waals surface area contributed by atoms with E-state index in [9.17, 15) is 5.11 Å². The number of hydrogen-bond donors (Lipinski definition) is 4. The maximum atomic E-state index is 9.22. The Hall–Kier alpha value is -1.49. The number of halogens is 1. The Morgan fingerprint density at radius 3 is 2.08 bits per heavy atom. The first-order valence-electron chi connectivity index (χ1n) is 3.59. The maximum Gasteiger partial charge on any atom is 0.161 e. The molecule has 0 bridgehead atoms. The van der Waals surface area contributed by atoms with Gasteiger partial charge >= 0.3 is 0 Å². The molecule has 1 aromatic carbocycles. The molecule has 0 fully saturated rings. The van der Waals surface area contributed by atoms with Crippen LogP contribution in [-0.2, 0) is 6.42 Å². The molecule has 1 rings (SSSR count). The third-order valence-electron chi connectivity index (χ3n) is 1.59. The third kappa shape index (κ3) is 2.48. The summed E-state index contributed by atoms with van der Waals surface area (Å²) in [7, 11) is 0. The van der Waals surface area contributed by atoms with Crippen molar-refractivity contribution >= 4 is 0 Å². The van der Waals surface area contributed by atoms with Crippen molar-refractivity contribution in [2.75, 3.05) is 6.54 Å². The maximum absolute atomic E-state index is 9.22. The fraction of sp³-hybridized carbons (Fsp3) is 0.250. The largest absolute Gasteiger partial charge is 0.508 e. The van der Waals surface area contributed by atoms with Gasteiger partial charge in [-0.15, -0.1) is 0 Å². The molecule has 5 heteroatoms. The van der Waals surface area contributed by atoms with E-state index in [1.165, 1.54) is 6.07 Å². The molecule has 0 spiro atoms. The van der Waals surface area contributed by atoms with Crippen LogP contribution in [0.4, 0.5) is 4.70 Å². The first kappa shape index (κ1) is 11.5. The molecule has 0 aliphatic rings. The van der Waals surface area contributed by atoms with Crippen molar-refractivity contribution in [2.24, 2.45) is 5.73 Å². The molecule has 0 aliphatic heterocycles. The van der Waals surface area contributed by atoms with Crippen LogP contribution >= 0.6 is 0 Å². The Balaban J connectivity index is 0.00000144. The predicted molar refractivity (Wildman–Crippen MR) is 46.7 cm³/mol. The molecule has 0 amide bonds. The van der Waals surface area contributed by atoms with Gasteiger partial charge in [0.05, 0.1) is 0 Å². The minimum absolute atomic E-state index is 0. The number of phenolic OH excluding ortho intramolecular Hbond substituents is 3. The first-order chi connectivity index (χ1) is 5.65. The number of phenols is 3. The zero-order valence-electron chi connectivity index (χ0n) is 6.90. The van der Waals surface area contributed by atoms with E-state index in [0.29, 0.717) is 18.5 Å². The lowest BCUT2D eigenvalue weighted by Crippen LogP contribution is -2.02. The summed E-state index contributed by atoms with van der Waals surface area (Å²) in [4.78, 5) is 0. The first-order valence-corrected chi connectivity index (χ1v) is 3.59. The average Bonchev–Trinajstić information content (AvgIpc) is 2.01. The van der Waals surface area contributed by atoms with Gasteiger partial charge in [0.25, 0.3) is 0 Å². The highest BCUT2D eigenvalue weighted by Gasteiger charge is 2.06. The van der Waals surface area contributed by atoms with E-state index in [-0.39, 0.29) is 22.0 Å². The van der Waals surface area contributed by atoms with Gasteiger partial charge in [0.1, 0.15) is 5.75 Å². The number of aromatic hydroxyl groups is 3. The highest BCUT2D eigenvalue weighted by atomic mass is 19.0. The van der Waals surface area contributed by atoms with E-state index in [1.54, 1.807) is 0 Å². The van der Waals surface area contributed by atoms with Gasteiger partial charge in [-0.2, -0.15) is 0 Å². The van der Waals surface area contributed by atoms with E-state index >= 15 is 0 Å². The molecule has 0 aliphatic carbocycles. The van der Waals surface area contributed by atoms with Gasteiger partial charge in [-0.1, -0.05) is 0 Å². The van der Waals surface area contributed by atoms with Gasteiger partial charge in [0, 0.05) is 6.07 Å². The Kier molecular flexibility index (Phi) is 4.00. The second kappa shape index (κ2) is 4.51. The van der Waals surface area contributed by atoms with Gasteiger partial charge in [-0.3, -0.25) is 4.70 Å². The molecule has 13 heavy (non-hydrogen) atoms. The minimum Gasteiger partial charge on any atom is -0.508 e. The fourth-order valence-corrected chi connectivity index (χ4v) is 0.965. The normalized spacial score (nSPS) is 9.31. The van der Waals surface area contributed by atoms with Crippen LogP contribution in [0.25, 0.3) is 0 Å². The zero-order valence-corrected chi connectivity index (χ0v) is 6.90. The molecule has 0 saturated heterocycles. The number of hydrogen-bond acceptors (Lipinski definition) is 4.